The van der Waals surface area contributed by atoms with Gasteiger partial charge in [-0.3, -0.25) is 9.69 Å². The van der Waals surface area contributed by atoms with E-state index in [4.69, 9.17) is 0 Å². The van der Waals surface area contributed by atoms with E-state index in [0.29, 0.717) is 19.5 Å². The highest BCUT2D eigenvalue weighted by Gasteiger charge is 2.66. The molecule has 28 heavy (non-hydrogen) atoms. The van der Waals surface area contributed by atoms with Crippen LogP contribution in [0.25, 0.3) is 6.08 Å². The number of carbonyl (C=O) groups is 1. The molecule has 0 saturated carbocycles. The molecule has 0 aromatic heterocycles. The zero-order valence-corrected chi connectivity index (χ0v) is 16.2. The summed E-state index contributed by atoms with van der Waals surface area (Å²) < 4.78 is 37.7. The molecule has 2 atom stereocenters. The van der Waals surface area contributed by atoms with Crippen molar-refractivity contribution in [3.8, 4) is 0 Å². The van der Waals surface area contributed by atoms with Crippen LogP contribution in [0.15, 0.2) is 30.3 Å². The van der Waals surface area contributed by atoms with E-state index in [0.717, 1.165) is 11.1 Å². The van der Waals surface area contributed by atoms with Gasteiger partial charge in [0.2, 0.25) is 5.91 Å². The van der Waals surface area contributed by atoms with Crippen molar-refractivity contribution in [3.63, 3.8) is 0 Å². The molecule has 4 nitrogen and oxygen atoms in total. The first-order valence-corrected chi connectivity index (χ1v) is 9.70. The summed E-state index contributed by atoms with van der Waals surface area (Å²) in [5, 5.41) is 9.93. The van der Waals surface area contributed by atoms with Gasteiger partial charge in [0.15, 0.2) is 0 Å². The number of aliphatic hydroxyl groups excluding tert-OH is 1. The molecule has 154 valence electrons. The van der Waals surface area contributed by atoms with Crippen molar-refractivity contribution in [2.24, 2.45) is 0 Å². The molecule has 7 heteroatoms. The Balaban J connectivity index is 1.82. The summed E-state index contributed by atoms with van der Waals surface area (Å²) in [6.45, 7) is 4.31. The Morgan fingerprint density at radius 1 is 1.29 bits per heavy atom. The fourth-order valence-corrected chi connectivity index (χ4v) is 4.76. The molecular weight excluding hydrogens is 369 g/mol. The number of alkyl halides is 3. The normalized spacial score (nSPS) is 24.4. The van der Waals surface area contributed by atoms with Gasteiger partial charge in [-0.1, -0.05) is 43.3 Å². The van der Waals surface area contributed by atoms with Gasteiger partial charge in [0.05, 0.1) is 24.6 Å². The van der Waals surface area contributed by atoms with E-state index in [-0.39, 0.29) is 31.0 Å². The van der Waals surface area contributed by atoms with E-state index < -0.39 is 18.1 Å². The van der Waals surface area contributed by atoms with E-state index in [1.165, 1.54) is 0 Å². The largest absolute Gasteiger partial charge is 0.394 e. The molecule has 0 unspecified atom stereocenters. The summed E-state index contributed by atoms with van der Waals surface area (Å²) in [5.41, 5.74) is 1.55. The summed E-state index contributed by atoms with van der Waals surface area (Å²) in [5.74, 6) is -0.133. The second kappa shape index (κ2) is 7.87. The monoisotopic (exact) mass is 396 g/mol. The molecule has 0 aliphatic carbocycles. The molecule has 2 fully saturated rings. The Kier molecular flexibility index (Phi) is 5.87. The van der Waals surface area contributed by atoms with Crippen molar-refractivity contribution in [2.75, 3.05) is 26.2 Å². The van der Waals surface area contributed by atoms with Crippen LogP contribution in [-0.2, 0) is 4.79 Å². The van der Waals surface area contributed by atoms with Crippen molar-refractivity contribution in [3.05, 3.63) is 41.5 Å². The van der Waals surface area contributed by atoms with Crippen LogP contribution in [0.3, 0.4) is 0 Å². The number of allylic oxidation sites excluding steroid dienone is 1. The number of carbonyl (C=O) groups excluding carboxylic acids is 1. The smallest absolute Gasteiger partial charge is 0.390 e. The van der Waals surface area contributed by atoms with E-state index >= 15 is 0 Å². The van der Waals surface area contributed by atoms with Crippen LogP contribution in [0.5, 0.6) is 0 Å². The average Bonchev–Trinajstić information content (AvgIpc) is 2.60. The minimum atomic E-state index is -4.18. The van der Waals surface area contributed by atoms with Gasteiger partial charge in [-0.15, -0.1) is 0 Å². The minimum absolute atomic E-state index is 0.0590. The van der Waals surface area contributed by atoms with Crippen molar-refractivity contribution < 1.29 is 23.1 Å². The third-order valence-electron chi connectivity index (χ3n) is 5.89. The second-order valence-electron chi connectivity index (χ2n) is 7.69. The van der Waals surface area contributed by atoms with Gasteiger partial charge in [0.1, 0.15) is 0 Å². The van der Waals surface area contributed by atoms with Gasteiger partial charge in [-0.2, -0.15) is 13.2 Å². The van der Waals surface area contributed by atoms with E-state index in [2.05, 4.69) is 0 Å². The zero-order valence-electron chi connectivity index (χ0n) is 16.2. The van der Waals surface area contributed by atoms with E-state index in [1.54, 1.807) is 16.7 Å². The summed E-state index contributed by atoms with van der Waals surface area (Å²) >= 11 is 0. The molecule has 1 aromatic carbocycles. The molecule has 2 aliphatic heterocycles. The lowest BCUT2D eigenvalue weighted by atomic mass is 9.60. The molecular formula is C21H27F3N2O2. The van der Waals surface area contributed by atoms with Crippen LogP contribution >= 0.6 is 0 Å². The lowest BCUT2D eigenvalue weighted by Crippen LogP contribution is -2.85. The molecule has 2 saturated heterocycles. The van der Waals surface area contributed by atoms with E-state index in [1.807, 2.05) is 43.3 Å². The van der Waals surface area contributed by atoms with Crippen LogP contribution in [-0.4, -0.2) is 64.8 Å². The molecule has 0 bridgehead atoms. The first-order chi connectivity index (χ1) is 13.3. The maximum Gasteiger partial charge on any atom is 0.390 e. The number of halogens is 3. The molecule has 3 rings (SSSR count). The average molecular weight is 396 g/mol. The van der Waals surface area contributed by atoms with Crippen LogP contribution in [0.1, 0.15) is 43.7 Å². The quantitative estimate of drug-likeness (QED) is 0.801. The summed E-state index contributed by atoms with van der Waals surface area (Å²) in [7, 11) is 0. The highest BCUT2D eigenvalue weighted by atomic mass is 19.4. The Bertz CT molecular complexity index is 724. The van der Waals surface area contributed by atoms with Crippen LogP contribution in [0.2, 0.25) is 0 Å². The lowest BCUT2D eigenvalue weighted by molar-refractivity contribution is -0.205. The number of benzene rings is 1. The molecule has 1 amide bonds. The lowest BCUT2D eigenvalue weighted by Gasteiger charge is -2.70. The number of likely N-dealkylation sites (tertiary alicyclic amines) is 2. The maximum atomic E-state index is 12.6. The minimum Gasteiger partial charge on any atom is -0.394 e. The molecule has 2 aliphatic rings. The molecule has 1 aromatic rings. The number of hydrogen-bond acceptors (Lipinski definition) is 3. The van der Waals surface area contributed by atoms with Gasteiger partial charge in [-0.25, -0.2) is 0 Å². The molecule has 0 radical (unpaired) electrons. The Hall–Kier alpha value is -1.86. The number of rotatable bonds is 6. The third kappa shape index (κ3) is 3.70. The zero-order chi connectivity index (χ0) is 20.5. The summed E-state index contributed by atoms with van der Waals surface area (Å²) in [6.07, 6.45) is -0.789. The predicted octanol–water partition coefficient (Wildman–Crippen LogP) is 3.42. The number of amides is 1. The number of aliphatic hydroxyl groups is 1. The first-order valence-electron chi connectivity index (χ1n) is 9.70. The molecule has 1 N–H and O–H groups in total. The van der Waals surface area contributed by atoms with Crippen LogP contribution in [0.4, 0.5) is 13.2 Å². The third-order valence-corrected chi connectivity index (χ3v) is 5.89. The van der Waals surface area contributed by atoms with Crippen LogP contribution < -0.4 is 0 Å². The number of nitrogens with zero attached hydrogens (tertiary/aromatic N) is 2. The summed E-state index contributed by atoms with van der Waals surface area (Å²) in [6, 6.07) is 7.64. The van der Waals surface area contributed by atoms with E-state index in [9.17, 15) is 23.1 Å². The van der Waals surface area contributed by atoms with Gasteiger partial charge in [0, 0.05) is 32.0 Å². The van der Waals surface area contributed by atoms with Crippen molar-refractivity contribution in [1.29, 1.82) is 0 Å². The first kappa shape index (κ1) is 20.9. The second-order valence-corrected chi connectivity index (χ2v) is 7.69. The highest BCUT2D eigenvalue weighted by Crippen LogP contribution is 2.54. The molecule has 1 spiro atoms. The Labute approximate surface area is 163 Å². The van der Waals surface area contributed by atoms with Gasteiger partial charge in [-0.05, 0) is 18.1 Å². The Morgan fingerprint density at radius 3 is 2.43 bits per heavy atom. The highest BCUT2D eigenvalue weighted by molar-refractivity contribution is 5.79. The van der Waals surface area contributed by atoms with Crippen molar-refractivity contribution >= 4 is 12.0 Å². The fraction of sp³-hybridized carbons (Fsp3) is 0.571. The van der Waals surface area contributed by atoms with Gasteiger partial charge >= 0.3 is 6.18 Å². The van der Waals surface area contributed by atoms with Crippen molar-refractivity contribution in [2.45, 2.75) is 50.4 Å². The molecule has 2 heterocycles. The van der Waals surface area contributed by atoms with Gasteiger partial charge in [0.25, 0.3) is 0 Å². The predicted molar refractivity (Wildman–Crippen MR) is 102 cm³/mol. The van der Waals surface area contributed by atoms with Gasteiger partial charge < -0.3 is 10.0 Å². The maximum absolute atomic E-state index is 12.6. The van der Waals surface area contributed by atoms with Crippen molar-refractivity contribution in [1.82, 2.24) is 9.80 Å². The topological polar surface area (TPSA) is 43.8 Å². The Morgan fingerprint density at radius 2 is 1.93 bits per heavy atom. The fourth-order valence-electron chi connectivity index (χ4n) is 4.76. The van der Waals surface area contributed by atoms with Crippen LogP contribution in [0, 0.1) is 0 Å². The number of hydrogen-bond donors (Lipinski definition) is 1. The standard InChI is InChI=1S/C21H27F3N2O2/c1-3-5-15-6-8-16(9-7-15)19-17(12-27)26(18(28)4-2)20(19)13-25(14-20)11-10-21(22,23)24/h3,5-9,17,19,27H,4,10-14H2,1-2H3/b5-3+/t17-,19+/m0/s1. The SMILES string of the molecule is C/C=C/c1ccc([C@@H]2[C@H](CO)N(C(=O)CC)C23CN(CCC(F)(F)F)C3)cc1. The summed E-state index contributed by atoms with van der Waals surface area (Å²) in [4.78, 5) is 16.0.